The van der Waals surface area contributed by atoms with Crippen molar-refractivity contribution in [1.82, 2.24) is 10.0 Å². The van der Waals surface area contributed by atoms with Gasteiger partial charge in [0.1, 0.15) is 6.04 Å². The van der Waals surface area contributed by atoms with Crippen LogP contribution in [0.25, 0.3) is 0 Å². The molecule has 0 radical (unpaired) electrons. The highest BCUT2D eigenvalue weighted by Gasteiger charge is 2.27. The number of amides is 1. The second kappa shape index (κ2) is 14.5. The molecule has 2 rings (SSSR count). The Morgan fingerprint density at radius 1 is 1.15 bits per heavy atom. The maximum Gasteiger partial charge on any atom is 0.305 e. The molecular weight excluding hydrogens is 472 g/mol. The van der Waals surface area contributed by atoms with Crippen LogP contribution in [0.1, 0.15) is 51.4 Å². The van der Waals surface area contributed by atoms with E-state index in [4.69, 9.17) is 21.1 Å². The van der Waals surface area contributed by atoms with Gasteiger partial charge in [-0.25, -0.2) is 8.42 Å². The van der Waals surface area contributed by atoms with Crippen LogP contribution in [0.3, 0.4) is 0 Å². The predicted octanol–water partition coefficient (Wildman–Crippen LogP) is 2.77. The van der Waals surface area contributed by atoms with Crippen LogP contribution < -0.4 is 10.0 Å². The quantitative estimate of drug-likeness (QED) is 0.295. The van der Waals surface area contributed by atoms with E-state index in [1.807, 2.05) is 0 Å². The summed E-state index contributed by atoms with van der Waals surface area (Å²) in [5.41, 5.74) is 0. The zero-order chi connectivity index (χ0) is 24.1. The van der Waals surface area contributed by atoms with Crippen molar-refractivity contribution >= 4 is 33.5 Å². The number of hydrogen-bond donors (Lipinski definition) is 2. The molecule has 2 N–H and O–H groups in total. The summed E-state index contributed by atoms with van der Waals surface area (Å²) in [6.07, 6.45) is 5.60. The molecule has 0 aliphatic carbocycles. The Morgan fingerprint density at radius 2 is 1.88 bits per heavy atom. The zero-order valence-electron chi connectivity index (χ0n) is 18.9. The third-order valence-corrected chi connectivity index (χ3v) is 6.90. The summed E-state index contributed by atoms with van der Waals surface area (Å²) in [5.74, 6) is -0.709. The molecule has 0 spiro atoms. The number of carbonyl (C=O) groups is 2. The summed E-state index contributed by atoms with van der Waals surface area (Å²) < 4.78 is 43.8. The molecule has 0 aromatic heterocycles. The molecule has 1 unspecified atom stereocenters. The molecule has 1 aromatic carbocycles. The zero-order valence-corrected chi connectivity index (χ0v) is 20.5. The number of nitrogens with one attached hydrogen (secondary N) is 2. The van der Waals surface area contributed by atoms with Gasteiger partial charge >= 0.3 is 5.97 Å². The number of methoxy groups -OCH3 is 1. The predicted molar refractivity (Wildman–Crippen MR) is 123 cm³/mol. The monoisotopic (exact) mass is 504 g/mol. The molecule has 2 atom stereocenters. The van der Waals surface area contributed by atoms with Crippen LogP contribution in [0.4, 0.5) is 0 Å². The number of rotatable bonds is 14. The lowest BCUT2D eigenvalue weighted by atomic mass is 10.1. The largest absolute Gasteiger partial charge is 0.469 e. The second-order valence-electron chi connectivity index (χ2n) is 7.79. The van der Waals surface area contributed by atoms with E-state index in [2.05, 4.69) is 14.8 Å². The lowest BCUT2D eigenvalue weighted by molar-refractivity contribution is -0.167. The molecule has 1 aliphatic heterocycles. The Bertz CT molecular complexity index is 843. The van der Waals surface area contributed by atoms with Crippen molar-refractivity contribution < 1.29 is 32.2 Å². The minimum absolute atomic E-state index is 0.00391. The van der Waals surface area contributed by atoms with Crippen molar-refractivity contribution in [2.75, 3.05) is 26.9 Å². The first-order valence-electron chi connectivity index (χ1n) is 11.2. The Kier molecular flexibility index (Phi) is 12.1. The number of sulfonamides is 1. The van der Waals surface area contributed by atoms with Crippen molar-refractivity contribution in [3.63, 3.8) is 0 Å². The van der Waals surface area contributed by atoms with Gasteiger partial charge in [0.05, 0.1) is 18.6 Å². The fraction of sp³-hybridized carbons (Fsp3) is 0.636. The molecule has 1 aromatic rings. The highest BCUT2D eigenvalue weighted by Crippen LogP contribution is 2.16. The number of unbranched alkanes of at least 4 members (excludes halogenated alkanes) is 3. The molecular formula is C22H33ClN2O7S. The molecule has 9 nitrogen and oxygen atoms in total. The van der Waals surface area contributed by atoms with Gasteiger partial charge in [-0.05, 0) is 56.4 Å². The molecule has 1 aliphatic rings. The fourth-order valence-electron chi connectivity index (χ4n) is 3.26. The van der Waals surface area contributed by atoms with Gasteiger partial charge < -0.3 is 19.5 Å². The first-order chi connectivity index (χ1) is 15.8. The van der Waals surface area contributed by atoms with E-state index in [0.29, 0.717) is 37.4 Å². The Morgan fingerprint density at radius 3 is 2.55 bits per heavy atom. The topological polar surface area (TPSA) is 120 Å². The van der Waals surface area contributed by atoms with Crippen molar-refractivity contribution in [2.45, 2.75) is 68.6 Å². The number of hydrogen-bond acceptors (Lipinski definition) is 7. The highest BCUT2D eigenvalue weighted by atomic mass is 35.5. The summed E-state index contributed by atoms with van der Waals surface area (Å²) in [7, 11) is -2.60. The standard InChI is InChI=1S/C22H33ClN2O7S/c1-30-20(26)8-4-2-3-6-14-24-22(27)19(16-32-21-9-5-7-15-31-21)25-33(28,29)18-12-10-17(23)11-13-18/h10-13,19,21,25H,2-9,14-16H2,1H3,(H,24,27)/t19-,21?/m0/s1. The van der Waals surface area contributed by atoms with Crippen molar-refractivity contribution in [3.8, 4) is 0 Å². The van der Waals surface area contributed by atoms with Crippen molar-refractivity contribution in [2.24, 2.45) is 0 Å². The SMILES string of the molecule is COC(=O)CCCCCCNC(=O)[C@H](COC1CCCCO1)NS(=O)(=O)c1ccc(Cl)cc1. The smallest absolute Gasteiger partial charge is 0.305 e. The number of carbonyl (C=O) groups excluding carboxylic acids is 2. The van der Waals surface area contributed by atoms with Crippen LogP contribution in [-0.4, -0.2) is 59.5 Å². The first kappa shape index (κ1) is 27.5. The number of esters is 1. The van der Waals surface area contributed by atoms with Crippen LogP contribution >= 0.6 is 11.6 Å². The summed E-state index contributed by atoms with van der Waals surface area (Å²) >= 11 is 5.84. The van der Waals surface area contributed by atoms with Crippen LogP contribution in [0, 0.1) is 0 Å². The van der Waals surface area contributed by atoms with E-state index >= 15 is 0 Å². The van der Waals surface area contributed by atoms with Gasteiger partial charge in [0, 0.05) is 24.6 Å². The van der Waals surface area contributed by atoms with E-state index in [1.54, 1.807) is 0 Å². The van der Waals surface area contributed by atoms with Crippen LogP contribution in [0.2, 0.25) is 5.02 Å². The van der Waals surface area contributed by atoms with Gasteiger partial charge in [-0.3, -0.25) is 9.59 Å². The van der Waals surface area contributed by atoms with Gasteiger partial charge in [-0.2, -0.15) is 4.72 Å². The molecule has 11 heteroatoms. The van der Waals surface area contributed by atoms with Gasteiger partial charge in [0.25, 0.3) is 0 Å². The molecule has 1 amide bonds. The Balaban J connectivity index is 1.88. The van der Waals surface area contributed by atoms with E-state index in [0.717, 1.165) is 32.1 Å². The molecule has 1 heterocycles. The summed E-state index contributed by atoms with van der Waals surface area (Å²) in [6.45, 7) is 0.812. The fourth-order valence-corrected chi connectivity index (χ4v) is 4.57. The van der Waals surface area contributed by atoms with E-state index in [1.165, 1.54) is 31.4 Å². The summed E-state index contributed by atoms with van der Waals surface area (Å²) in [4.78, 5) is 23.9. The summed E-state index contributed by atoms with van der Waals surface area (Å²) in [5, 5.41) is 3.17. The van der Waals surface area contributed by atoms with Gasteiger partial charge in [-0.1, -0.05) is 24.4 Å². The highest BCUT2D eigenvalue weighted by molar-refractivity contribution is 7.89. The van der Waals surface area contributed by atoms with Gasteiger partial charge in [0.15, 0.2) is 6.29 Å². The normalized spacial score (nSPS) is 17.3. The molecule has 0 saturated carbocycles. The molecule has 186 valence electrons. The minimum Gasteiger partial charge on any atom is -0.469 e. The molecule has 0 bridgehead atoms. The molecule has 1 fully saturated rings. The molecule has 33 heavy (non-hydrogen) atoms. The van der Waals surface area contributed by atoms with Crippen molar-refractivity contribution in [3.05, 3.63) is 29.3 Å². The summed E-state index contributed by atoms with van der Waals surface area (Å²) in [6, 6.07) is 4.57. The lowest BCUT2D eigenvalue weighted by Gasteiger charge is -2.25. The molecule has 1 saturated heterocycles. The maximum atomic E-state index is 12.8. The van der Waals surface area contributed by atoms with Crippen molar-refractivity contribution in [1.29, 1.82) is 0 Å². The van der Waals surface area contributed by atoms with Crippen LogP contribution in [-0.2, 0) is 33.8 Å². The third-order valence-electron chi connectivity index (χ3n) is 5.16. The minimum atomic E-state index is -3.96. The van der Waals surface area contributed by atoms with E-state index in [9.17, 15) is 18.0 Å². The first-order valence-corrected chi connectivity index (χ1v) is 13.0. The average Bonchev–Trinajstić information content (AvgIpc) is 2.81. The Hall–Kier alpha value is -1.72. The third kappa shape index (κ3) is 10.4. The number of ether oxygens (including phenoxy) is 3. The average molecular weight is 505 g/mol. The van der Waals surface area contributed by atoms with E-state index < -0.39 is 28.3 Å². The second-order valence-corrected chi connectivity index (χ2v) is 9.94. The lowest BCUT2D eigenvalue weighted by Crippen LogP contribution is -2.50. The number of benzene rings is 1. The maximum absolute atomic E-state index is 12.8. The van der Waals surface area contributed by atoms with Gasteiger partial charge in [0.2, 0.25) is 15.9 Å². The Labute approximate surface area is 200 Å². The van der Waals surface area contributed by atoms with Crippen LogP contribution in [0.15, 0.2) is 29.2 Å². The number of halogens is 1. The van der Waals surface area contributed by atoms with Crippen LogP contribution in [0.5, 0.6) is 0 Å². The van der Waals surface area contributed by atoms with Gasteiger partial charge in [-0.15, -0.1) is 0 Å². The van der Waals surface area contributed by atoms with E-state index in [-0.39, 0.29) is 17.5 Å².